The molecule has 3 heteroatoms. The number of rotatable bonds is 3. The minimum atomic E-state index is -3.48. The monoisotopic (exact) mass is 544 g/mol. The van der Waals surface area contributed by atoms with Crippen molar-refractivity contribution in [3.63, 3.8) is 0 Å². The first-order valence-electron chi connectivity index (χ1n) is 13.8. The molecule has 0 spiro atoms. The Kier molecular flexibility index (Phi) is 4.56. The maximum atomic E-state index is 16.1. The minimum Gasteiger partial charge on any atom is -0.309 e. The molecule has 0 heterocycles. The number of benzene rings is 9. The lowest BCUT2D eigenvalue weighted by atomic mass is 9.94. The molecule has 0 aliphatic rings. The van der Waals surface area contributed by atoms with E-state index in [1.807, 2.05) is 12.1 Å². The van der Waals surface area contributed by atoms with Gasteiger partial charge in [-0.15, -0.1) is 0 Å². The summed E-state index contributed by atoms with van der Waals surface area (Å²) in [6.07, 6.45) is 0. The SMILES string of the molecule is O=P(c1ccc(F)cc1)(c1ccc2ccc3cccc4ccc1c2c34)c1ccc2ccc3cccc4ccc1c2c34. The van der Waals surface area contributed by atoms with Crippen molar-refractivity contribution in [2.24, 2.45) is 0 Å². The Morgan fingerprint density at radius 3 is 1.20 bits per heavy atom. The van der Waals surface area contributed by atoms with E-state index in [0.29, 0.717) is 5.30 Å². The Morgan fingerprint density at radius 2 is 0.756 bits per heavy atom. The standard InChI is InChI=1S/C38H22FOP/c39-29-15-17-30(18-16-29)41(40,33-21-13-27-9-7-23-3-1-5-25-11-19-31(33)37(27)35(23)25)34-22-14-28-10-8-24-4-2-6-26-12-20-32(34)38(28)36(24)26/h1-22H. The Bertz CT molecular complexity index is 2330. The van der Waals surface area contributed by atoms with Crippen LogP contribution in [0, 0.1) is 5.82 Å². The molecule has 9 rings (SSSR count). The molecule has 0 saturated heterocycles. The zero-order chi connectivity index (χ0) is 27.3. The molecule has 0 aliphatic heterocycles. The zero-order valence-corrected chi connectivity index (χ0v) is 22.8. The molecule has 0 amide bonds. The number of hydrogen-bond acceptors (Lipinski definition) is 1. The first-order chi connectivity index (χ1) is 20.1. The van der Waals surface area contributed by atoms with Gasteiger partial charge in [0.2, 0.25) is 0 Å². The van der Waals surface area contributed by atoms with E-state index in [4.69, 9.17) is 0 Å². The minimum absolute atomic E-state index is 0.342. The van der Waals surface area contributed by atoms with E-state index in [1.165, 1.54) is 22.9 Å². The zero-order valence-electron chi connectivity index (χ0n) is 21.9. The van der Waals surface area contributed by atoms with Gasteiger partial charge >= 0.3 is 0 Å². The van der Waals surface area contributed by atoms with Gasteiger partial charge in [-0.2, -0.15) is 0 Å². The Labute approximate surface area is 235 Å². The van der Waals surface area contributed by atoms with Gasteiger partial charge in [-0.3, -0.25) is 0 Å². The molecule has 0 fully saturated rings. The fraction of sp³-hybridized carbons (Fsp3) is 0. The van der Waals surface area contributed by atoms with Crippen molar-refractivity contribution < 1.29 is 8.96 Å². The summed E-state index contributed by atoms with van der Waals surface area (Å²) in [7, 11) is -3.48. The van der Waals surface area contributed by atoms with Gasteiger partial charge in [0.15, 0.2) is 7.14 Å². The highest BCUT2D eigenvalue weighted by atomic mass is 31.2. The summed E-state index contributed by atoms with van der Waals surface area (Å²) >= 11 is 0. The van der Waals surface area contributed by atoms with Crippen LogP contribution < -0.4 is 15.9 Å². The van der Waals surface area contributed by atoms with Crippen molar-refractivity contribution in [1.29, 1.82) is 0 Å². The van der Waals surface area contributed by atoms with Crippen molar-refractivity contribution in [1.82, 2.24) is 0 Å². The summed E-state index contributed by atoms with van der Waals surface area (Å²) < 4.78 is 30.3. The van der Waals surface area contributed by atoms with Crippen molar-refractivity contribution in [3.8, 4) is 0 Å². The van der Waals surface area contributed by atoms with Crippen LogP contribution in [0.25, 0.3) is 64.6 Å². The van der Waals surface area contributed by atoms with Gasteiger partial charge in [0, 0.05) is 15.9 Å². The molecule has 0 N–H and O–H groups in total. The van der Waals surface area contributed by atoms with Gasteiger partial charge < -0.3 is 4.57 Å². The van der Waals surface area contributed by atoms with Crippen LogP contribution >= 0.6 is 7.14 Å². The van der Waals surface area contributed by atoms with Gasteiger partial charge in [-0.05, 0) is 101 Å². The van der Waals surface area contributed by atoms with E-state index in [2.05, 4.69) is 97.1 Å². The lowest BCUT2D eigenvalue weighted by Gasteiger charge is -2.25. The second-order valence-electron chi connectivity index (χ2n) is 11.0. The molecule has 9 aromatic rings. The summed E-state index contributed by atoms with van der Waals surface area (Å²) in [6.45, 7) is 0. The smallest absolute Gasteiger partial charge is 0.172 e. The van der Waals surface area contributed by atoms with Crippen LogP contribution in [0.4, 0.5) is 4.39 Å². The summed E-state index contributed by atoms with van der Waals surface area (Å²) in [5, 5.41) is 15.7. The van der Waals surface area contributed by atoms with Crippen LogP contribution in [0.2, 0.25) is 0 Å². The van der Waals surface area contributed by atoms with Gasteiger partial charge in [-0.25, -0.2) is 4.39 Å². The fourth-order valence-corrected chi connectivity index (χ4v) is 10.1. The average Bonchev–Trinajstić information content (AvgIpc) is 3.02. The van der Waals surface area contributed by atoms with Crippen LogP contribution in [0.15, 0.2) is 133 Å². The molecule has 0 radical (unpaired) electrons. The third-order valence-electron chi connectivity index (χ3n) is 8.88. The summed E-state index contributed by atoms with van der Waals surface area (Å²) in [5.74, 6) is -0.342. The van der Waals surface area contributed by atoms with Crippen molar-refractivity contribution >= 4 is 87.7 Å². The van der Waals surface area contributed by atoms with Gasteiger partial charge in [-0.1, -0.05) is 97.1 Å². The third-order valence-corrected chi connectivity index (χ3v) is 12.0. The summed E-state index contributed by atoms with van der Waals surface area (Å²) in [4.78, 5) is 0. The lowest BCUT2D eigenvalue weighted by molar-refractivity contribution is 0.592. The van der Waals surface area contributed by atoms with Gasteiger partial charge in [0.1, 0.15) is 5.82 Å². The largest absolute Gasteiger partial charge is 0.309 e. The maximum Gasteiger partial charge on any atom is 0.172 e. The molecular weight excluding hydrogens is 522 g/mol. The van der Waals surface area contributed by atoms with Crippen molar-refractivity contribution in [2.45, 2.75) is 0 Å². The lowest BCUT2D eigenvalue weighted by Crippen LogP contribution is -2.26. The van der Waals surface area contributed by atoms with Gasteiger partial charge in [0.25, 0.3) is 0 Å². The molecule has 0 bridgehead atoms. The van der Waals surface area contributed by atoms with Crippen LogP contribution in [0.1, 0.15) is 0 Å². The molecule has 192 valence electrons. The van der Waals surface area contributed by atoms with Crippen LogP contribution in [0.5, 0.6) is 0 Å². The number of halogens is 1. The molecule has 1 nitrogen and oxygen atoms in total. The first kappa shape index (κ1) is 23.0. The molecule has 41 heavy (non-hydrogen) atoms. The molecule has 0 unspecified atom stereocenters. The molecule has 0 atom stereocenters. The van der Waals surface area contributed by atoms with E-state index in [-0.39, 0.29) is 5.82 Å². The average molecular weight is 545 g/mol. The topological polar surface area (TPSA) is 17.1 Å². The molecule has 0 aliphatic carbocycles. The van der Waals surface area contributed by atoms with Crippen molar-refractivity contribution in [3.05, 3.63) is 139 Å². The Balaban J connectivity index is 1.46. The Morgan fingerprint density at radius 1 is 0.390 bits per heavy atom. The van der Waals surface area contributed by atoms with E-state index < -0.39 is 7.14 Å². The molecule has 0 saturated carbocycles. The Hall–Kier alpha value is -4.78. The van der Waals surface area contributed by atoms with E-state index >= 15 is 4.57 Å². The highest BCUT2D eigenvalue weighted by molar-refractivity contribution is 7.86. The quantitative estimate of drug-likeness (QED) is 0.160. The molecular formula is C38H22FOP. The number of hydrogen-bond donors (Lipinski definition) is 0. The normalized spacial score (nSPS) is 12.6. The summed E-state index contributed by atoms with van der Waals surface area (Å²) in [6, 6.07) is 44.3. The maximum absolute atomic E-state index is 16.1. The van der Waals surface area contributed by atoms with E-state index in [0.717, 1.165) is 64.5 Å². The third kappa shape index (κ3) is 3.03. The van der Waals surface area contributed by atoms with Crippen LogP contribution in [-0.4, -0.2) is 0 Å². The van der Waals surface area contributed by atoms with Crippen LogP contribution in [0.3, 0.4) is 0 Å². The molecule has 9 aromatic carbocycles. The van der Waals surface area contributed by atoms with E-state index in [1.54, 1.807) is 12.1 Å². The summed E-state index contributed by atoms with van der Waals surface area (Å²) in [5.41, 5.74) is 0. The molecule has 0 aromatic heterocycles. The highest BCUT2D eigenvalue weighted by Gasteiger charge is 2.34. The second-order valence-corrected chi connectivity index (χ2v) is 13.7. The highest BCUT2D eigenvalue weighted by Crippen LogP contribution is 2.49. The predicted octanol–water partition coefficient (Wildman–Crippen LogP) is 9.26. The second kappa shape index (κ2) is 8.13. The van der Waals surface area contributed by atoms with Gasteiger partial charge in [0.05, 0.1) is 0 Å². The van der Waals surface area contributed by atoms with Crippen molar-refractivity contribution in [2.75, 3.05) is 0 Å². The predicted molar refractivity (Wildman–Crippen MR) is 173 cm³/mol. The fourth-order valence-electron chi connectivity index (χ4n) is 7.05. The van der Waals surface area contributed by atoms with Crippen LogP contribution in [-0.2, 0) is 4.57 Å². The van der Waals surface area contributed by atoms with E-state index in [9.17, 15) is 4.39 Å². The first-order valence-corrected chi connectivity index (χ1v) is 15.5.